The summed E-state index contributed by atoms with van der Waals surface area (Å²) in [5, 5.41) is 17.0. The minimum atomic E-state index is -1.06. The summed E-state index contributed by atoms with van der Waals surface area (Å²) in [6.07, 6.45) is 1.27. The van der Waals surface area contributed by atoms with Gasteiger partial charge in [0.05, 0.1) is 23.0 Å². The smallest absolute Gasteiger partial charge is 0.273 e. The van der Waals surface area contributed by atoms with E-state index in [0.29, 0.717) is 0 Å². The van der Waals surface area contributed by atoms with Crippen LogP contribution in [0.4, 0.5) is 20.3 Å². The van der Waals surface area contributed by atoms with E-state index in [2.05, 4.69) is 20.9 Å². The highest BCUT2D eigenvalue weighted by Crippen LogP contribution is 2.38. The molecule has 1 aliphatic rings. The zero-order valence-corrected chi connectivity index (χ0v) is 21.6. The maximum Gasteiger partial charge on any atom is 0.273 e. The van der Waals surface area contributed by atoms with Gasteiger partial charge in [0.2, 0.25) is 5.91 Å². The Kier molecular flexibility index (Phi) is 7.21. The van der Waals surface area contributed by atoms with Crippen molar-refractivity contribution in [2.45, 2.75) is 12.6 Å². The lowest BCUT2D eigenvalue weighted by molar-refractivity contribution is -0.123. The fourth-order valence-electron chi connectivity index (χ4n) is 4.31. The molecule has 4 aromatic rings. The van der Waals surface area contributed by atoms with Crippen LogP contribution in [-0.4, -0.2) is 27.3 Å². The Morgan fingerprint density at radius 2 is 1.82 bits per heavy atom. The Hall–Kier alpha value is -4.79. The van der Waals surface area contributed by atoms with E-state index in [9.17, 15) is 23.2 Å². The van der Waals surface area contributed by atoms with Gasteiger partial charge >= 0.3 is 0 Å². The van der Waals surface area contributed by atoms with Gasteiger partial charge in [-0.2, -0.15) is 5.26 Å². The standard InChI is InChI=1S/C27H16Cl2F2N6O3/c28-15-5-14(6-17(31)7-15)26(39)34-20-9-21(27(40)35-22-4-1-13(10-32)11-33-22)37-12-23(38)36-24(25(20)37)18-8-16(30)2-3-19(18)29/h1-9,11,24H,12H2,(H,34,39)(H,36,38)(H,33,35,40). The quantitative estimate of drug-likeness (QED) is 0.304. The monoisotopic (exact) mass is 580 g/mol. The first-order valence-corrected chi connectivity index (χ1v) is 12.3. The molecule has 9 nitrogen and oxygen atoms in total. The van der Waals surface area contributed by atoms with Crippen molar-refractivity contribution in [1.82, 2.24) is 14.9 Å². The molecule has 0 fully saturated rings. The summed E-state index contributed by atoms with van der Waals surface area (Å²) in [5.74, 6) is -3.17. The normalized spacial score (nSPS) is 14.1. The second kappa shape index (κ2) is 10.8. The van der Waals surface area contributed by atoms with Crippen LogP contribution >= 0.6 is 23.2 Å². The van der Waals surface area contributed by atoms with Gasteiger partial charge in [0, 0.05) is 27.4 Å². The first-order chi connectivity index (χ1) is 19.1. The van der Waals surface area contributed by atoms with Crippen molar-refractivity contribution < 1.29 is 23.2 Å². The number of benzene rings is 2. The molecule has 2 aromatic carbocycles. The number of carbonyl (C=O) groups is 3. The second-order valence-electron chi connectivity index (χ2n) is 8.69. The Balaban J connectivity index is 1.61. The number of hydrogen-bond acceptors (Lipinski definition) is 5. The van der Waals surface area contributed by atoms with Crippen LogP contribution in [0.1, 0.15) is 43.7 Å². The van der Waals surface area contributed by atoms with E-state index >= 15 is 0 Å². The molecule has 5 rings (SSSR count). The zero-order valence-electron chi connectivity index (χ0n) is 20.1. The van der Waals surface area contributed by atoms with Crippen molar-refractivity contribution >= 4 is 52.4 Å². The Labute approximate surface area is 235 Å². The average Bonchev–Trinajstić information content (AvgIpc) is 3.27. The fourth-order valence-corrected chi connectivity index (χ4v) is 4.76. The third kappa shape index (κ3) is 5.36. The fraction of sp³-hybridized carbons (Fsp3) is 0.0741. The Morgan fingerprint density at radius 3 is 2.52 bits per heavy atom. The van der Waals surface area contributed by atoms with Crippen molar-refractivity contribution in [1.29, 1.82) is 5.26 Å². The number of aromatic nitrogens is 2. The molecule has 200 valence electrons. The van der Waals surface area contributed by atoms with Crippen LogP contribution in [0.2, 0.25) is 10.0 Å². The molecule has 13 heteroatoms. The minimum Gasteiger partial charge on any atom is -0.342 e. The average molecular weight is 581 g/mol. The highest BCUT2D eigenvalue weighted by molar-refractivity contribution is 6.31. The van der Waals surface area contributed by atoms with E-state index in [1.165, 1.54) is 41.1 Å². The lowest BCUT2D eigenvalue weighted by Gasteiger charge is -2.29. The van der Waals surface area contributed by atoms with E-state index in [4.69, 9.17) is 28.5 Å². The molecule has 0 bridgehead atoms. The van der Waals surface area contributed by atoms with Gasteiger partial charge in [-0.05, 0) is 54.6 Å². The van der Waals surface area contributed by atoms with Crippen LogP contribution in [-0.2, 0) is 11.3 Å². The van der Waals surface area contributed by atoms with E-state index < -0.39 is 35.4 Å². The maximum atomic E-state index is 14.2. The second-order valence-corrected chi connectivity index (χ2v) is 9.53. The van der Waals surface area contributed by atoms with Gasteiger partial charge in [-0.3, -0.25) is 14.4 Å². The topological polar surface area (TPSA) is 129 Å². The third-order valence-corrected chi connectivity index (χ3v) is 6.59. The number of hydrogen-bond donors (Lipinski definition) is 3. The minimum absolute atomic E-state index is 0.00396. The summed E-state index contributed by atoms with van der Waals surface area (Å²) in [5.41, 5.74) is 0.625. The van der Waals surface area contributed by atoms with Crippen LogP contribution in [0.3, 0.4) is 0 Å². The number of fused-ring (bicyclic) bond motifs is 1. The lowest BCUT2D eigenvalue weighted by atomic mass is 10.0. The van der Waals surface area contributed by atoms with Gasteiger partial charge in [0.15, 0.2) is 0 Å². The molecule has 0 saturated heterocycles. The SMILES string of the molecule is N#Cc1ccc(NC(=O)c2cc(NC(=O)c3cc(F)cc(Cl)c3)c3n2CC(=O)NC3c2cc(F)ccc2Cl)nc1. The van der Waals surface area contributed by atoms with E-state index in [0.717, 1.165) is 24.3 Å². The molecular weight excluding hydrogens is 565 g/mol. The Bertz CT molecular complexity index is 1710. The molecular formula is C27H16Cl2F2N6O3. The molecule has 1 atom stereocenters. The largest absolute Gasteiger partial charge is 0.342 e. The molecule has 3 heterocycles. The molecule has 1 unspecified atom stereocenters. The molecule has 40 heavy (non-hydrogen) atoms. The summed E-state index contributed by atoms with van der Waals surface area (Å²) < 4.78 is 29.5. The van der Waals surface area contributed by atoms with Gasteiger partial charge in [0.1, 0.15) is 35.8 Å². The van der Waals surface area contributed by atoms with Crippen molar-refractivity contribution in [2.75, 3.05) is 10.6 Å². The van der Waals surface area contributed by atoms with E-state index in [1.54, 1.807) is 0 Å². The molecule has 3 N–H and O–H groups in total. The number of pyridine rings is 1. The number of nitrogens with zero attached hydrogens (tertiary/aromatic N) is 3. The molecule has 3 amide bonds. The number of nitriles is 1. The van der Waals surface area contributed by atoms with Crippen molar-refractivity contribution in [3.8, 4) is 6.07 Å². The van der Waals surface area contributed by atoms with Crippen molar-refractivity contribution in [2.24, 2.45) is 0 Å². The maximum absolute atomic E-state index is 14.2. The predicted octanol–water partition coefficient (Wildman–Crippen LogP) is 5.06. The first kappa shape index (κ1) is 26.8. The number of carbonyl (C=O) groups excluding carboxylic acids is 3. The lowest BCUT2D eigenvalue weighted by Crippen LogP contribution is -2.40. The number of amides is 3. The number of nitrogens with one attached hydrogen (secondary N) is 3. The summed E-state index contributed by atoms with van der Waals surface area (Å²) in [6, 6.07) is 11.9. The van der Waals surface area contributed by atoms with Gasteiger partial charge in [-0.25, -0.2) is 13.8 Å². The molecule has 0 saturated carbocycles. The summed E-state index contributed by atoms with van der Waals surface area (Å²) in [6.45, 7) is -0.315. The van der Waals surface area contributed by atoms with Crippen molar-refractivity contribution in [3.63, 3.8) is 0 Å². The summed E-state index contributed by atoms with van der Waals surface area (Å²) in [4.78, 5) is 43.2. The van der Waals surface area contributed by atoms with Crippen LogP contribution in [0.25, 0.3) is 0 Å². The van der Waals surface area contributed by atoms with Crippen LogP contribution in [0, 0.1) is 23.0 Å². The highest BCUT2D eigenvalue weighted by Gasteiger charge is 2.35. The van der Waals surface area contributed by atoms with Crippen molar-refractivity contribution in [3.05, 3.63) is 111 Å². The van der Waals surface area contributed by atoms with E-state index in [-0.39, 0.29) is 56.2 Å². The first-order valence-electron chi connectivity index (χ1n) is 11.6. The van der Waals surface area contributed by atoms with Crippen LogP contribution in [0.5, 0.6) is 0 Å². The number of anilines is 2. The summed E-state index contributed by atoms with van der Waals surface area (Å²) >= 11 is 12.3. The molecule has 0 radical (unpaired) electrons. The predicted molar refractivity (Wildman–Crippen MR) is 142 cm³/mol. The molecule has 0 aliphatic carbocycles. The molecule has 2 aromatic heterocycles. The molecule has 0 spiro atoms. The van der Waals surface area contributed by atoms with Crippen LogP contribution < -0.4 is 16.0 Å². The van der Waals surface area contributed by atoms with Gasteiger partial charge < -0.3 is 20.5 Å². The third-order valence-electron chi connectivity index (χ3n) is 6.03. The summed E-state index contributed by atoms with van der Waals surface area (Å²) in [7, 11) is 0. The molecule has 1 aliphatic heterocycles. The van der Waals surface area contributed by atoms with Gasteiger partial charge in [-0.15, -0.1) is 0 Å². The van der Waals surface area contributed by atoms with Crippen LogP contribution in [0.15, 0.2) is 60.8 Å². The van der Waals surface area contributed by atoms with Gasteiger partial charge in [0.25, 0.3) is 11.8 Å². The highest BCUT2D eigenvalue weighted by atomic mass is 35.5. The number of rotatable bonds is 5. The Morgan fingerprint density at radius 1 is 1.02 bits per heavy atom. The van der Waals surface area contributed by atoms with Gasteiger partial charge in [-0.1, -0.05) is 23.2 Å². The van der Waals surface area contributed by atoms with E-state index in [1.807, 2.05) is 6.07 Å². The number of halogens is 4. The zero-order chi connectivity index (χ0) is 28.6.